The molecule has 0 radical (unpaired) electrons. The third-order valence-electron chi connectivity index (χ3n) is 4.37. The Kier molecular flexibility index (Phi) is 4.63. The Morgan fingerprint density at radius 1 is 1.19 bits per heavy atom. The molecule has 0 bridgehead atoms. The summed E-state index contributed by atoms with van der Waals surface area (Å²) in [6, 6.07) is 11.6. The van der Waals surface area contributed by atoms with Crippen LogP contribution in [-0.2, 0) is 11.3 Å². The van der Waals surface area contributed by atoms with Crippen LogP contribution in [0.15, 0.2) is 34.7 Å². The number of hydrogen-bond acceptors (Lipinski definition) is 5. The Morgan fingerprint density at radius 2 is 1.88 bits per heavy atom. The van der Waals surface area contributed by atoms with Crippen molar-refractivity contribution in [1.29, 1.82) is 5.26 Å². The third kappa shape index (κ3) is 3.00. The van der Waals surface area contributed by atoms with Gasteiger partial charge in [0.25, 0.3) is 0 Å². The molecule has 3 aromatic rings. The quantitative estimate of drug-likeness (QED) is 0.667. The van der Waals surface area contributed by atoms with E-state index in [9.17, 15) is 10.1 Å². The fourth-order valence-electron chi connectivity index (χ4n) is 2.94. The number of para-hydroxylation sites is 1. The number of nitrogens with zero attached hydrogens (tertiary/aromatic N) is 3. The summed E-state index contributed by atoms with van der Waals surface area (Å²) in [7, 11) is 0. The van der Waals surface area contributed by atoms with Gasteiger partial charge in [0.1, 0.15) is 35.3 Å². The normalized spacial score (nSPS) is 10.6. The second-order valence-electron chi connectivity index (χ2n) is 6.06. The second-order valence-corrected chi connectivity index (χ2v) is 6.06. The number of furan rings is 1. The van der Waals surface area contributed by atoms with E-state index in [4.69, 9.17) is 9.15 Å². The first-order valence-corrected chi connectivity index (χ1v) is 8.21. The van der Waals surface area contributed by atoms with Crippen LogP contribution in [0.5, 0.6) is 0 Å². The molecule has 0 saturated carbocycles. The predicted molar refractivity (Wildman–Crippen MR) is 95.1 cm³/mol. The van der Waals surface area contributed by atoms with E-state index in [0.29, 0.717) is 34.0 Å². The summed E-state index contributed by atoms with van der Waals surface area (Å²) in [5.74, 6) is 0.745. The van der Waals surface area contributed by atoms with Gasteiger partial charge in [-0.15, -0.1) is 0 Å². The van der Waals surface area contributed by atoms with Crippen LogP contribution in [0.25, 0.3) is 5.69 Å². The fraction of sp³-hybridized carbons (Fsp3) is 0.250. The van der Waals surface area contributed by atoms with Crippen molar-refractivity contribution in [1.82, 2.24) is 9.78 Å². The first-order valence-electron chi connectivity index (χ1n) is 8.21. The number of esters is 1. The van der Waals surface area contributed by atoms with Gasteiger partial charge in [0.15, 0.2) is 0 Å². The lowest BCUT2D eigenvalue weighted by Gasteiger charge is -2.09. The van der Waals surface area contributed by atoms with Gasteiger partial charge in [-0.05, 0) is 39.8 Å². The summed E-state index contributed by atoms with van der Waals surface area (Å²) in [4.78, 5) is 12.5. The lowest BCUT2D eigenvalue weighted by Crippen LogP contribution is -2.11. The van der Waals surface area contributed by atoms with Crippen LogP contribution in [0.4, 0.5) is 0 Å². The molecule has 26 heavy (non-hydrogen) atoms. The van der Waals surface area contributed by atoms with Gasteiger partial charge in [-0.2, -0.15) is 10.4 Å². The molecule has 0 aliphatic rings. The van der Waals surface area contributed by atoms with Crippen LogP contribution < -0.4 is 0 Å². The largest absolute Gasteiger partial charge is 0.465 e. The molecule has 0 N–H and O–H groups in total. The number of carbonyl (C=O) groups is 1. The number of carbonyl (C=O) groups excluding carboxylic acids is 1. The zero-order valence-electron chi connectivity index (χ0n) is 15.2. The molecular formula is C20H19N3O3. The van der Waals surface area contributed by atoms with Gasteiger partial charge in [-0.3, -0.25) is 0 Å². The van der Waals surface area contributed by atoms with Crippen molar-refractivity contribution in [2.75, 3.05) is 0 Å². The Hall–Kier alpha value is -3.33. The number of nitriles is 1. The fourth-order valence-corrected chi connectivity index (χ4v) is 2.94. The van der Waals surface area contributed by atoms with E-state index in [1.165, 1.54) is 0 Å². The molecule has 6 heteroatoms. The maximum atomic E-state index is 12.5. The highest BCUT2D eigenvalue weighted by atomic mass is 16.5. The molecule has 0 aliphatic carbocycles. The van der Waals surface area contributed by atoms with Crippen molar-refractivity contribution in [2.45, 2.75) is 34.3 Å². The van der Waals surface area contributed by atoms with E-state index in [1.54, 1.807) is 25.5 Å². The number of ether oxygens (including phenoxy) is 1. The molecule has 2 aromatic heterocycles. The summed E-state index contributed by atoms with van der Waals surface area (Å²) < 4.78 is 12.6. The Labute approximate surface area is 151 Å². The minimum Gasteiger partial charge on any atom is -0.465 e. The van der Waals surface area contributed by atoms with Gasteiger partial charge in [0.2, 0.25) is 0 Å². The summed E-state index contributed by atoms with van der Waals surface area (Å²) >= 11 is 0. The minimum atomic E-state index is -0.473. The highest BCUT2D eigenvalue weighted by Gasteiger charge is 2.22. The van der Waals surface area contributed by atoms with E-state index in [-0.39, 0.29) is 6.61 Å². The van der Waals surface area contributed by atoms with Crippen LogP contribution in [0, 0.1) is 39.0 Å². The second kappa shape index (κ2) is 6.89. The molecule has 6 nitrogen and oxygen atoms in total. The maximum Gasteiger partial charge on any atom is 0.342 e. The summed E-state index contributed by atoms with van der Waals surface area (Å²) in [6.07, 6.45) is 0. The van der Waals surface area contributed by atoms with E-state index in [0.717, 1.165) is 11.3 Å². The molecule has 1 aromatic carbocycles. The van der Waals surface area contributed by atoms with E-state index in [2.05, 4.69) is 11.2 Å². The Balaban J connectivity index is 1.93. The molecule has 0 atom stereocenters. The SMILES string of the molecule is Cc1nn(-c2ccccc2)c(COC(=O)c2c(C)oc(C)c2C)c1C#N. The standard InChI is InChI=1S/C20H19N3O3/c1-12-14(3)26-15(4)19(12)20(24)25-11-18-17(10-21)13(2)22-23(18)16-8-6-5-7-9-16/h5-9H,11H2,1-4H3. The van der Waals surface area contributed by atoms with E-state index < -0.39 is 5.97 Å². The van der Waals surface area contributed by atoms with Crippen molar-refractivity contribution in [3.8, 4) is 11.8 Å². The molecule has 0 aliphatic heterocycles. The molecule has 3 rings (SSSR count). The smallest absolute Gasteiger partial charge is 0.342 e. The van der Waals surface area contributed by atoms with Gasteiger partial charge in [0.05, 0.1) is 17.1 Å². The number of hydrogen-bond donors (Lipinski definition) is 0. The van der Waals surface area contributed by atoms with Crippen LogP contribution in [0.2, 0.25) is 0 Å². The zero-order chi connectivity index (χ0) is 18.8. The summed E-state index contributed by atoms with van der Waals surface area (Å²) in [5, 5.41) is 13.9. The molecule has 0 fully saturated rings. The molecule has 132 valence electrons. The van der Waals surface area contributed by atoms with Gasteiger partial charge in [0, 0.05) is 5.56 Å². The zero-order valence-corrected chi connectivity index (χ0v) is 15.2. The number of aryl methyl sites for hydroxylation is 3. The minimum absolute atomic E-state index is 0.0550. The van der Waals surface area contributed by atoms with Gasteiger partial charge >= 0.3 is 5.97 Å². The van der Waals surface area contributed by atoms with Gasteiger partial charge < -0.3 is 9.15 Å². The van der Waals surface area contributed by atoms with Crippen LogP contribution in [0.1, 0.15) is 44.4 Å². The predicted octanol–water partition coefficient (Wildman–Crippen LogP) is 3.93. The molecule has 0 unspecified atom stereocenters. The monoisotopic (exact) mass is 349 g/mol. The average molecular weight is 349 g/mol. The van der Waals surface area contributed by atoms with Crippen LogP contribution in [0.3, 0.4) is 0 Å². The average Bonchev–Trinajstić information content (AvgIpc) is 3.08. The molecule has 2 heterocycles. The van der Waals surface area contributed by atoms with Crippen LogP contribution >= 0.6 is 0 Å². The number of benzene rings is 1. The summed E-state index contributed by atoms with van der Waals surface area (Å²) in [5.41, 5.74) is 3.55. The number of rotatable bonds is 4. The van der Waals surface area contributed by atoms with Crippen molar-refractivity contribution in [3.63, 3.8) is 0 Å². The Bertz CT molecular complexity index is 1010. The van der Waals surface area contributed by atoms with E-state index in [1.807, 2.05) is 37.3 Å². The molecule has 0 spiro atoms. The molecule has 0 amide bonds. The first-order chi connectivity index (χ1) is 12.4. The topological polar surface area (TPSA) is 81.1 Å². The highest BCUT2D eigenvalue weighted by Crippen LogP contribution is 2.23. The summed E-state index contributed by atoms with van der Waals surface area (Å²) in [6.45, 7) is 7.07. The lowest BCUT2D eigenvalue weighted by molar-refractivity contribution is 0.0462. The van der Waals surface area contributed by atoms with Crippen molar-refractivity contribution in [2.24, 2.45) is 0 Å². The third-order valence-corrected chi connectivity index (χ3v) is 4.37. The van der Waals surface area contributed by atoms with Crippen molar-refractivity contribution >= 4 is 5.97 Å². The van der Waals surface area contributed by atoms with E-state index >= 15 is 0 Å². The highest BCUT2D eigenvalue weighted by molar-refractivity contribution is 5.92. The number of aromatic nitrogens is 2. The van der Waals surface area contributed by atoms with Crippen molar-refractivity contribution in [3.05, 3.63) is 69.9 Å². The van der Waals surface area contributed by atoms with Gasteiger partial charge in [-0.25, -0.2) is 9.48 Å². The molecule has 0 saturated heterocycles. The van der Waals surface area contributed by atoms with Gasteiger partial charge in [-0.1, -0.05) is 18.2 Å². The lowest BCUT2D eigenvalue weighted by atomic mass is 10.1. The molecular weight excluding hydrogens is 330 g/mol. The van der Waals surface area contributed by atoms with Crippen molar-refractivity contribution < 1.29 is 13.9 Å². The Morgan fingerprint density at radius 3 is 2.46 bits per heavy atom. The first kappa shape index (κ1) is 17.5. The van der Waals surface area contributed by atoms with Crippen LogP contribution in [-0.4, -0.2) is 15.7 Å². The maximum absolute atomic E-state index is 12.5.